The van der Waals surface area contributed by atoms with Crippen LogP contribution in [0.1, 0.15) is 31.2 Å². The Morgan fingerprint density at radius 1 is 1.35 bits per heavy atom. The zero-order valence-corrected chi connectivity index (χ0v) is 9.63. The lowest BCUT2D eigenvalue weighted by molar-refractivity contribution is -0.135. The molecule has 2 nitrogen and oxygen atoms in total. The summed E-state index contributed by atoms with van der Waals surface area (Å²) in [6.45, 7) is 1.25. The molecular formula is C12H17F3N2. The van der Waals surface area contributed by atoms with Crippen LogP contribution in [0, 0.1) is 0 Å². The van der Waals surface area contributed by atoms with Gasteiger partial charge in [0.05, 0.1) is 0 Å². The fourth-order valence-electron chi connectivity index (χ4n) is 1.75. The van der Waals surface area contributed by atoms with Gasteiger partial charge in [-0.2, -0.15) is 13.2 Å². The number of rotatable bonds is 6. The molecule has 96 valence electrons. The SMILES string of the molecule is FC(F)(F)CCCn1ccc(CNC2CC2)c1. The summed E-state index contributed by atoms with van der Waals surface area (Å²) in [5, 5.41) is 3.37. The molecule has 0 bridgehead atoms. The molecule has 0 radical (unpaired) electrons. The van der Waals surface area contributed by atoms with Crippen LogP contribution in [0.4, 0.5) is 13.2 Å². The van der Waals surface area contributed by atoms with E-state index in [1.807, 2.05) is 23.0 Å². The zero-order chi connectivity index (χ0) is 12.3. The number of aromatic nitrogens is 1. The van der Waals surface area contributed by atoms with Crippen LogP contribution in [0.2, 0.25) is 0 Å². The second-order valence-electron chi connectivity index (χ2n) is 4.63. The van der Waals surface area contributed by atoms with E-state index in [2.05, 4.69) is 5.32 Å². The van der Waals surface area contributed by atoms with Crippen molar-refractivity contribution in [2.24, 2.45) is 0 Å². The molecule has 0 saturated heterocycles. The highest BCUT2D eigenvalue weighted by molar-refractivity contribution is 5.10. The van der Waals surface area contributed by atoms with Gasteiger partial charge in [-0.1, -0.05) is 0 Å². The Kier molecular flexibility index (Phi) is 3.76. The predicted octanol–water partition coefficient (Wildman–Crippen LogP) is 3.08. The van der Waals surface area contributed by atoms with Gasteiger partial charge in [0.1, 0.15) is 0 Å². The second kappa shape index (κ2) is 5.12. The van der Waals surface area contributed by atoms with Gasteiger partial charge in [-0.25, -0.2) is 0 Å². The lowest BCUT2D eigenvalue weighted by Crippen LogP contribution is -2.14. The van der Waals surface area contributed by atoms with Crippen LogP contribution >= 0.6 is 0 Å². The molecule has 1 aliphatic rings. The van der Waals surface area contributed by atoms with E-state index in [-0.39, 0.29) is 6.42 Å². The smallest absolute Gasteiger partial charge is 0.354 e. The number of halogens is 3. The van der Waals surface area contributed by atoms with Crippen molar-refractivity contribution in [3.63, 3.8) is 0 Å². The van der Waals surface area contributed by atoms with Gasteiger partial charge < -0.3 is 9.88 Å². The number of hydrogen-bond donors (Lipinski definition) is 1. The molecule has 17 heavy (non-hydrogen) atoms. The van der Waals surface area contributed by atoms with Gasteiger partial charge in [0.2, 0.25) is 0 Å². The lowest BCUT2D eigenvalue weighted by atomic mass is 10.3. The maximum absolute atomic E-state index is 12.0. The van der Waals surface area contributed by atoms with Gasteiger partial charge >= 0.3 is 6.18 Å². The first-order valence-electron chi connectivity index (χ1n) is 5.98. The second-order valence-corrected chi connectivity index (χ2v) is 4.63. The summed E-state index contributed by atoms with van der Waals surface area (Å²) in [5.74, 6) is 0. The van der Waals surface area contributed by atoms with Gasteiger partial charge in [-0.3, -0.25) is 0 Å². The lowest BCUT2D eigenvalue weighted by Gasteiger charge is -2.06. The van der Waals surface area contributed by atoms with Gasteiger partial charge in [0, 0.05) is 37.9 Å². The molecule has 0 unspecified atom stereocenters. The largest absolute Gasteiger partial charge is 0.389 e. The minimum absolute atomic E-state index is 0.147. The summed E-state index contributed by atoms with van der Waals surface area (Å²) in [4.78, 5) is 0. The van der Waals surface area contributed by atoms with E-state index in [4.69, 9.17) is 0 Å². The summed E-state index contributed by atoms with van der Waals surface area (Å²) in [6.07, 6.45) is 1.66. The van der Waals surface area contributed by atoms with E-state index in [1.165, 1.54) is 12.8 Å². The zero-order valence-electron chi connectivity index (χ0n) is 9.63. The van der Waals surface area contributed by atoms with Crippen LogP contribution in [-0.4, -0.2) is 16.8 Å². The monoisotopic (exact) mass is 246 g/mol. The molecular weight excluding hydrogens is 229 g/mol. The third-order valence-corrected chi connectivity index (χ3v) is 2.86. The Hall–Kier alpha value is -0.970. The molecule has 0 amide bonds. The van der Waals surface area contributed by atoms with E-state index in [1.54, 1.807) is 0 Å². The summed E-state index contributed by atoms with van der Waals surface area (Å²) < 4.78 is 37.7. The third kappa shape index (κ3) is 4.81. The Morgan fingerprint density at radius 2 is 2.12 bits per heavy atom. The molecule has 0 aliphatic heterocycles. The van der Waals surface area contributed by atoms with E-state index in [0.717, 1.165) is 12.1 Å². The average molecular weight is 246 g/mol. The van der Waals surface area contributed by atoms with E-state index >= 15 is 0 Å². The Morgan fingerprint density at radius 3 is 2.76 bits per heavy atom. The first-order valence-corrected chi connectivity index (χ1v) is 5.98. The van der Waals surface area contributed by atoms with Crippen molar-refractivity contribution in [3.8, 4) is 0 Å². The fourth-order valence-corrected chi connectivity index (χ4v) is 1.75. The summed E-state index contributed by atoms with van der Waals surface area (Å²) in [7, 11) is 0. The number of nitrogens with one attached hydrogen (secondary N) is 1. The summed E-state index contributed by atoms with van der Waals surface area (Å²) >= 11 is 0. The standard InChI is InChI=1S/C12H17F3N2/c13-12(14,15)5-1-6-17-7-4-10(9-17)8-16-11-2-3-11/h4,7,9,11,16H,1-3,5-6,8H2. The molecule has 1 heterocycles. The molecule has 2 rings (SSSR count). The third-order valence-electron chi connectivity index (χ3n) is 2.86. The highest BCUT2D eigenvalue weighted by Gasteiger charge is 2.26. The number of hydrogen-bond acceptors (Lipinski definition) is 1. The van der Waals surface area contributed by atoms with Crippen molar-refractivity contribution in [1.29, 1.82) is 0 Å². The van der Waals surface area contributed by atoms with Crippen LogP contribution in [0.3, 0.4) is 0 Å². The van der Waals surface area contributed by atoms with Crippen molar-refractivity contribution in [3.05, 3.63) is 24.0 Å². The first-order chi connectivity index (χ1) is 8.03. The van der Waals surface area contributed by atoms with Gasteiger partial charge in [-0.15, -0.1) is 0 Å². The van der Waals surface area contributed by atoms with Crippen LogP contribution in [0.15, 0.2) is 18.5 Å². The van der Waals surface area contributed by atoms with Crippen molar-refractivity contribution < 1.29 is 13.2 Å². The van der Waals surface area contributed by atoms with E-state index in [0.29, 0.717) is 12.6 Å². The Balaban J connectivity index is 1.69. The minimum Gasteiger partial charge on any atom is -0.354 e. The van der Waals surface area contributed by atoms with Crippen LogP contribution < -0.4 is 5.32 Å². The number of alkyl halides is 3. The van der Waals surface area contributed by atoms with Crippen molar-refractivity contribution in [2.75, 3.05) is 0 Å². The number of nitrogens with zero attached hydrogens (tertiary/aromatic N) is 1. The molecule has 0 atom stereocenters. The van der Waals surface area contributed by atoms with Crippen molar-refractivity contribution in [2.45, 2.75) is 51.0 Å². The first kappa shape index (κ1) is 12.5. The van der Waals surface area contributed by atoms with Crippen LogP contribution in [0.25, 0.3) is 0 Å². The summed E-state index contributed by atoms with van der Waals surface area (Å²) in [6, 6.07) is 2.62. The van der Waals surface area contributed by atoms with Gasteiger partial charge in [0.25, 0.3) is 0 Å². The van der Waals surface area contributed by atoms with Crippen molar-refractivity contribution >= 4 is 0 Å². The van der Waals surface area contributed by atoms with E-state index < -0.39 is 12.6 Å². The predicted molar refractivity (Wildman–Crippen MR) is 59.6 cm³/mol. The topological polar surface area (TPSA) is 17.0 Å². The minimum atomic E-state index is -4.04. The van der Waals surface area contributed by atoms with Gasteiger partial charge in [0.15, 0.2) is 0 Å². The highest BCUT2D eigenvalue weighted by Crippen LogP contribution is 2.22. The molecule has 1 fully saturated rings. The molecule has 1 aromatic heterocycles. The average Bonchev–Trinajstić information content (AvgIpc) is 2.95. The molecule has 1 N–H and O–H groups in total. The van der Waals surface area contributed by atoms with Crippen LogP contribution in [-0.2, 0) is 13.1 Å². The van der Waals surface area contributed by atoms with Gasteiger partial charge in [-0.05, 0) is 30.9 Å². The molecule has 1 saturated carbocycles. The Bertz CT molecular complexity index is 353. The fraction of sp³-hybridized carbons (Fsp3) is 0.667. The maximum atomic E-state index is 12.0. The maximum Gasteiger partial charge on any atom is 0.389 e. The molecule has 5 heteroatoms. The quantitative estimate of drug-likeness (QED) is 0.816. The van der Waals surface area contributed by atoms with Crippen molar-refractivity contribution in [1.82, 2.24) is 9.88 Å². The highest BCUT2D eigenvalue weighted by atomic mass is 19.4. The number of aryl methyl sites for hydroxylation is 1. The molecule has 0 aromatic carbocycles. The molecule has 0 spiro atoms. The summed E-state index contributed by atoms with van der Waals surface area (Å²) in [5.41, 5.74) is 1.14. The molecule has 1 aliphatic carbocycles. The Labute approximate surface area is 98.8 Å². The normalized spacial score (nSPS) is 16.4. The van der Waals surface area contributed by atoms with E-state index in [9.17, 15) is 13.2 Å². The van der Waals surface area contributed by atoms with Crippen LogP contribution in [0.5, 0.6) is 0 Å². The molecule has 1 aromatic rings.